The third-order valence-electron chi connectivity index (χ3n) is 4.56. The predicted octanol–water partition coefficient (Wildman–Crippen LogP) is 4.35. The monoisotopic (exact) mass is 218 g/mol. The zero-order valence-electron chi connectivity index (χ0n) is 9.93. The van der Waals surface area contributed by atoms with E-state index in [9.17, 15) is 4.39 Å². The second-order valence-electron chi connectivity index (χ2n) is 6.00. The molecule has 0 aromatic carbocycles. The molecular formula is C15H19F. The predicted molar refractivity (Wildman–Crippen MR) is 64.9 cm³/mol. The van der Waals surface area contributed by atoms with E-state index >= 15 is 0 Å². The second kappa shape index (κ2) is 3.09. The fourth-order valence-corrected chi connectivity index (χ4v) is 3.35. The van der Waals surface area contributed by atoms with E-state index in [1.165, 1.54) is 24.0 Å². The van der Waals surface area contributed by atoms with E-state index in [0.717, 1.165) is 6.42 Å². The molecule has 2 atom stereocenters. The third-order valence-corrected chi connectivity index (χ3v) is 4.56. The van der Waals surface area contributed by atoms with Crippen LogP contribution >= 0.6 is 0 Å². The van der Waals surface area contributed by atoms with Crippen molar-refractivity contribution in [2.24, 2.45) is 11.3 Å². The molecule has 0 N–H and O–H groups in total. The molecule has 1 fully saturated rings. The van der Waals surface area contributed by atoms with Crippen LogP contribution in [0.5, 0.6) is 0 Å². The Morgan fingerprint density at radius 3 is 2.81 bits per heavy atom. The lowest BCUT2D eigenvalue weighted by molar-refractivity contribution is 0.203. The van der Waals surface area contributed by atoms with E-state index in [-0.39, 0.29) is 0 Å². The van der Waals surface area contributed by atoms with E-state index in [2.05, 4.69) is 24.8 Å². The summed E-state index contributed by atoms with van der Waals surface area (Å²) < 4.78 is 13.9. The first kappa shape index (κ1) is 10.3. The van der Waals surface area contributed by atoms with Crippen LogP contribution in [0.4, 0.5) is 4.39 Å². The van der Waals surface area contributed by atoms with Crippen LogP contribution in [-0.2, 0) is 0 Å². The molecule has 1 saturated carbocycles. The maximum absolute atomic E-state index is 13.9. The number of hydrogen-bond acceptors (Lipinski definition) is 0. The zero-order valence-corrected chi connectivity index (χ0v) is 9.93. The molecule has 16 heavy (non-hydrogen) atoms. The third kappa shape index (κ3) is 1.49. The molecule has 3 rings (SSSR count). The molecule has 0 saturated heterocycles. The first-order chi connectivity index (χ1) is 7.55. The van der Waals surface area contributed by atoms with E-state index in [0.29, 0.717) is 24.2 Å². The Bertz CT molecular complexity index is 394. The van der Waals surface area contributed by atoms with E-state index in [4.69, 9.17) is 0 Å². The van der Waals surface area contributed by atoms with Gasteiger partial charge in [0, 0.05) is 12.8 Å². The summed E-state index contributed by atoms with van der Waals surface area (Å²) in [5, 5.41) is 0. The highest BCUT2D eigenvalue weighted by molar-refractivity contribution is 5.39. The van der Waals surface area contributed by atoms with Crippen LogP contribution in [0.2, 0.25) is 0 Å². The summed E-state index contributed by atoms with van der Waals surface area (Å²) in [6, 6.07) is 0. The van der Waals surface area contributed by atoms with Gasteiger partial charge < -0.3 is 0 Å². The first-order valence-corrected chi connectivity index (χ1v) is 6.26. The summed E-state index contributed by atoms with van der Waals surface area (Å²) in [6.45, 7) is 5.69. The Labute approximate surface area is 96.9 Å². The van der Waals surface area contributed by atoms with Gasteiger partial charge in [-0.15, -0.1) is 6.58 Å². The van der Waals surface area contributed by atoms with Crippen LogP contribution in [0.15, 0.2) is 36.0 Å². The van der Waals surface area contributed by atoms with Gasteiger partial charge in [-0.25, -0.2) is 4.39 Å². The maximum Gasteiger partial charge on any atom is 0.116 e. The van der Waals surface area contributed by atoms with Gasteiger partial charge in [0.15, 0.2) is 0 Å². The Kier molecular flexibility index (Phi) is 1.99. The van der Waals surface area contributed by atoms with Crippen molar-refractivity contribution in [1.82, 2.24) is 0 Å². The number of rotatable bonds is 2. The molecule has 0 heterocycles. The maximum atomic E-state index is 13.9. The molecule has 0 nitrogen and oxygen atoms in total. The van der Waals surface area contributed by atoms with Gasteiger partial charge in [-0.1, -0.05) is 23.8 Å². The summed E-state index contributed by atoms with van der Waals surface area (Å²) in [5.41, 5.74) is 1.99. The lowest BCUT2D eigenvalue weighted by Gasteiger charge is -2.25. The van der Waals surface area contributed by atoms with Gasteiger partial charge in [0.1, 0.15) is 5.67 Å². The van der Waals surface area contributed by atoms with Crippen molar-refractivity contribution in [1.29, 1.82) is 0 Å². The highest BCUT2D eigenvalue weighted by Gasteiger charge is 2.47. The number of alkyl halides is 1. The van der Waals surface area contributed by atoms with Gasteiger partial charge in [0.2, 0.25) is 0 Å². The molecule has 0 spiro atoms. The van der Waals surface area contributed by atoms with E-state index in [1.807, 2.05) is 0 Å². The Balaban J connectivity index is 1.79. The molecule has 0 aliphatic heterocycles. The molecule has 0 bridgehead atoms. The van der Waals surface area contributed by atoms with Crippen LogP contribution in [0.3, 0.4) is 0 Å². The van der Waals surface area contributed by atoms with Crippen molar-refractivity contribution in [3.8, 4) is 0 Å². The summed E-state index contributed by atoms with van der Waals surface area (Å²) in [6.07, 6.45) is 11.5. The fraction of sp³-hybridized carbons (Fsp3) is 0.600. The topological polar surface area (TPSA) is 0 Å². The Morgan fingerprint density at radius 2 is 2.19 bits per heavy atom. The number of allylic oxidation sites excluding steroid dienone is 5. The molecule has 86 valence electrons. The number of hydrogen-bond donors (Lipinski definition) is 0. The SMILES string of the molecule is C=CC1(C2C=CC3=C(C2)CC(C)(F)C3)CC1. The normalized spacial score (nSPS) is 39.8. The highest BCUT2D eigenvalue weighted by atomic mass is 19.1. The Hall–Kier alpha value is -0.850. The zero-order chi connectivity index (χ0) is 11.4. The lowest BCUT2D eigenvalue weighted by atomic mass is 9.80. The average molecular weight is 218 g/mol. The van der Waals surface area contributed by atoms with Gasteiger partial charge in [-0.2, -0.15) is 0 Å². The quantitative estimate of drug-likeness (QED) is 0.604. The molecule has 3 aliphatic rings. The van der Waals surface area contributed by atoms with Crippen LogP contribution in [0.25, 0.3) is 0 Å². The second-order valence-corrected chi connectivity index (χ2v) is 6.00. The summed E-state index contributed by atoms with van der Waals surface area (Å²) >= 11 is 0. The molecular weight excluding hydrogens is 199 g/mol. The number of halogens is 1. The highest BCUT2D eigenvalue weighted by Crippen LogP contribution is 2.58. The van der Waals surface area contributed by atoms with Crippen molar-refractivity contribution >= 4 is 0 Å². The summed E-state index contributed by atoms with van der Waals surface area (Å²) in [5.74, 6) is 0.581. The molecule has 0 radical (unpaired) electrons. The van der Waals surface area contributed by atoms with Crippen LogP contribution in [0.1, 0.15) is 39.0 Å². The van der Waals surface area contributed by atoms with Gasteiger partial charge in [0.25, 0.3) is 0 Å². The van der Waals surface area contributed by atoms with Crippen LogP contribution in [-0.4, -0.2) is 5.67 Å². The fourth-order valence-electron chi connectivity index (χ4n) is 3.35. The van der Waals surface area contributed by atoms with Crippen LogP contribution < -0.4 is 0 Å². The lowest BCUT2D eigenvalue weighted by Crippen LogP contribution is -2.15. The minimum Gasteiger partial charge on any atom is -0.243 e. The summed E-state index contributed by atoms with van der Waals surface area (Å²) in [7, 11) is 0. The van der Waals surface area contributed by atoms with Gasteiger partial charge in [0.05, 0.1) is 0 Å². The smallest absolute Gasteiger partial charge is 0.116 e. The van der Waals surface area contributed by atoms with Crippen LogP contribution in [0, 0.1) is 11.3 Å². The van der Waals surface area contributed by atoms with Crippen molar-refractivity contribution in [3.63, 3.8) is 0 Å². The minimum absolute atomic E-state index is 0.352. The minimum atomic E-state index is -0.991. The molecule has 3 aliphatic carbocycles. The van der Waals surface area contributed by atoms with E-state index < -0.39 is 5.67 Å². The summed E-state index contributed by atoms with van der Waals surface area (Å²) in [4.78, 5) is 0. The molecule has 1 heteroatoms. The standard InChI is InChI=1S/C15H19F/c1-3-15(6-7-15)13-5-4-11-9-14(2,16)10-12(11)8-13/h3-5,13H,1,6-10H2,2H3. The van der Waals surface area contributed by atoms with Gasteiger partial charge in [-0.05, 0) is 43.1 Å². The first-order valence-electron chi connectivity index (χ1n) is 6.26. The Morgan fingerprint density at radius 1 is 1.44 bits per heavy atom. The van der Waals surface area contributed by atoms with Gasteiger partial charge >= 0.3 is 0 Å². The average Bonchev–Trinajstić information content (AvgIpc) is 2.95. The van der Waals surface area contributed by atoms with Crippen molar-refractivity contribution < 1.29 is 4.39 Å². The van der Waals surface area contributed by atoms with Gasteiger partial charge in [-0.3, -0.25) is 0 Å². The van der Waals surface area contributed by atoms with E-state index in [1.54, 1.807) is 6.92 Å². The molecule has 2 unspecified atom stereocenters. The molecule has 0 aromatic rings. The largest absolute Gasteiger partial charge is 0.243 e. The van der Waals surface area contributed by atoms with Crippen molar-refractivity contribution in [2.75, 3.05) is 0 Å². The molecule has 0 amide bonds. The van der Waals surface area contributed by atoms with Crippen molar-refractivity contribution in [2.45, 2.75) is 44.7 Å². The van der Waals surface area contributed by atoms with Crippen molar-refractivity contribution in [3.05, 3.63) is 36.0 Å². The molecule has 0 aromatic heterocycles.